The van der Waals surface area contributed by atoms with E-state index in [1.807, 2.05) is 17.9 Å². The van der Waals surface area contributed by atoms with E-state index >= 15 is 0 Å². The molecule has 1 amide bonds. The van der Waals surface area contributed by atoms with Crippen LogP contribution < -0.4 is 0 Å². The van der Waals surface area contributed by atoms with Gasteiger partial charge in [0, 0.05) is 23.0 Å². The van der Waals surface area contributed by atoms with Crippen LogP contribution in [0.5, 0.6) is 0 Å². The topological polar surface area (TPSA) is 59.2 Å². The monoisotopic (exact) mass is 367 g/mol. The van der Waals surface area contributed by atoms with E-state index in [1.165, 1.54) is 10.4 Å². The van der Waals surface area contributed by atoms with E-state index in [0.717, 1.165) is 49.0 Å². The minimum Gasteiger partial charge on any atom is -0.336 e. The smallest absolute Gasteiger partial charge is 0.259 e. The van der Waals surface area contributed by atoms with Crippen molar-refractivity contribution in [3.8, 4) is 0 Å². The first-order chi connectivity index (χ1) is 12.7. The molecule has 3 aromatic heterocycles. The Morgan fingerprint density at radius 3 is 3.04 bits per heavy atom. The van der Waals surface area contributed by atoms with Gasteiger partial charge in [-0.1, -0.05) is 12.1 Å². The Kier molecular flexibility index (Phi) is 3.64. The number of carbonyl (C=O) groups is 1. The predicted molar refractivity (Wildman–Crippen MR) is 101 cm³/mol. The van der Waals surface area contributed by atoms with E-state index in [2.05, 4.69) is 28.5 Å². The molecule has 1 aliphatic carbocycles. The summed E-state index contributed by atoms with van der Waals surface area (Å²) in [4.78, 5) is 21.7. The molecule has 0 saturated heterocycles. The van der Waals surface area contributed by atoms with Gasteiger partial charge in [-0.05, 0) is 55.7 Å². The third-order valence-electron chi connectivity index (χ3n) is 5.61. The fraction of sp³-hybridized carbons (Fsp3) is 0.450. The highest BCUT2D eigenvalue weighted by atomic mass is 32.1. The number of nitrogens with zero attached hydrogens (tertiary/aromatic N) is 3. The van der Waals surface area contributed by atoms with E-state index in [0.29, 0.717) is 17.2 Å². The van der Waals surface area contributed by atoms with Gasteiger partial charge in [0.25, 0.3) is 11.6 Å². The zero-order valence-electron chi connectivity index (χ0n) is 15.0. The van der Waals surface area contributed by atoms with Gasteiger partial charge in [-0.15, -0.1) is 11.3 Å². The number of rotatable bonds is 3. The summed E-state index contributed by atoms with van der Waals surface area (Å²) in [6.45, 7) is 4.80. The first-order valence-corrected chi connectivity index (χ1v) is 10.2. The van der Waals surface area contributed by atoms with Crippen molar-refractivity contribution < 1.29 is 9.32 Å². The second-order valence-electron chi connectivity index (χ2n) is 7.29. The molecule has 0 aromatic carbocycles. The predicted octanol–water partition coefficient (Wildman–Crippen LogP) is 4.62. The molecule has 6 heteroatoms. The maximum Gasteiger partial charge on any atom is 0.259 e. The fourth-order valence-electron chi connectivity index (χ4n) is 4.11. The van der Waals surface area contributed by atoms with Gasteiger partial charge in [0.1, 0.15) is 0 Å². The van der Waals surface area contributed by atoms with Crippen molar-refractivity contribution in [1.29, 1.82) is 0 Å². The van der Waals surface area contributed by atoms with Crippen molar-refractivity contribution in [2.24, 2.45) is 0 Å². The van der Waals surface area contributed by atoms with Gasteiger partial charge in [0.05, 0.1) is 22.7 Å². The van der Waals surface area contributed by atoms with Crippen LogP contribution in [0.1, 0.15) is 70.3 Å². The third-order valence-corrected chi connectivity index (χ3v) is 6.60. The van der Waals surface area contributed by atoms with Crippen molar-refractivity contribution in [1.82, 2.24) is 15.0 Å². The highest BCUT2D eigenvalue weighted by Gasteiger charge is 2.34. The van der Waals surface area contributed by atoms with Crippen LogP contribution in [0, 0.1) is 6.92 Å². The molecule has 0 radical (unpaired) electrons. The van der Waals surface area contributed by atoms with E-state index in [9.17, 15) is 4.79 Å². The Morgan fingerprint density at radius 2 is 2.27 bits per heavy atom. The lowest BCUT2D eigenvalue weighted by Crippen LogP contribution is -2.39. The van der Waals surface area contributed by atoms with Crippen LogP contribution >= 0.6 is 11.3 Å². The van der Waals surface area contributed by atoms with Crippen molar-refractivity contribution in [3.05, 3.63) is 44.9 Å². The Balaban J connectivity index is 1.61. The van der Waals surface area contributed by atoms with Gasteiger partial charge in [-0.3, -0.25) is 4.79 Å². The number of thiophene rings is 1. The number of fused-ring (bicyclic) bond motifs is 2. The molecule has 5 nitrogen and oxygen atoms in total. The van der Waals surface area contributed by atoms with E-state index < -0.39 is 0 Å². The number of amides is 1. The summed E-state index contributed by atoms with van der Waals surface area (Å²) in [5.74, 6) is 0.539. The van der Waals surface area contributed by atoms with E-state index in [4.69, 9.17) is 4.52 Å². The molecule has 1 aliphatic heterocycles. The molecule has 0 N–H and O–H groups in total. The lowest BCUT2D eigenvalue weighted by Gasteiger charge is -2.35. The molecule has 0 spiro atoms. The van der Waals surface area contributed by atoms with Gasteiger partial charge in [0.2, 0.25) is 0 Å². The first-order valence-electron chi connectivity index (χ1n) is 9.31. The number of pyridine rings is 1. The highest BCUT2D eigenvalue weighted by Crippen LogP contribution is 2.41. The summed E-state index contributed by atoms with van der Waals surface area (Å²) < 4.78 is 5.41. The highest BCUT2D eigenvalue weighted by molar-refractivity contribution is 7.10. The van der Waals surface area contributed by atoms with Crippen molar-refractivity contribution in [2.75, 3.05) is 6.54 Å². The lowest BCUT2D eigenvalue weighted by molar-refractivity contribution is 0.0659. The van der Waals surface area contributed by atoms with Crippen LogP contribution in [0.2, 0.25) is 0 Å². The van der Waals surface area contributed by atoms with Gasteiger partial charge in [-0.2, -0.15) is 0 Å². The van der Waals surface area contributed by atoms with Gasteiger partial charge in [0.15, 0.2) is 0 Å². The summed E-state index contributed by atoms with van der Waals surface area (Å²) in [6, 6.07) is 4.31. The van der Waals surface area contributed by atoms with Gasteiger partial charge in [-0.25, -0.2) is 4.98 Å². The molecule has 1 unspecified atom stereocenters. The molecule has 5 rings (SSSR count). The molecule has 3 aromatic rings. The van der Waals surface area contributed by atoms with Crippen LogP contribution in [0.15, 0.2) is 22.0 Å². The van der Waals surface area contributed by atoms with Crippen LogP contribution in [-0.4, -0.2) is 27.5 Å². The lowest BCUT2D eigenvalue weighted by atomic mass is 9.96. The fourth-order valence-corrected chi connectivity index (χ4v) is 5.03. The Morgan fingerprint density at radius 1 is 1.42 bits per heavy atom. The Hall–Kier alpha value is -2.21. The standard InChI is InChI=1S/C20H21N3O2S/c1-3-16-13-7-9-26-17(13)6-8-23(16)20(24)14-10-15(12-4-5-12)21-19-18(14)11(2)22-25-19/h7,9-10,12,16H,3-6,8H2,1-2H3. The summed E-state index contributed by atoms with van der Waals surface area (Å²) >= 11 is 1.80. The largest absolute Gasteiger partial charge is 0.336 e. The maximum absolute atomic E-state index is 13.6. The van der Waals surface area contributed by atoms with Crippen LogP contribution in [-0.2, 0) is 6.42 Å². The molecular formula is C20H21N3O2S. The molecule has 4 heterocycles. The molecule has 1 fully saturated rings. The molecule has 1 atom stereocenters. The quantitative estimate of drug-likeness (QED) is 0.678. The molecular weight excluding hydrogens is 346 g/mol. The summed E-state index contributed by atoms with van der Waals surface area (Å²) in [5, 5.41) is 6.97. The third kappa shape index (κ3) is 2.39. The van der Waals surface area contributed by atoms with Crippen LogP contribution in [0.4, 0.5) is 0 Å². The normalized spacial score (nSPS) is 19.8. The van der Waals surface area contributed by atoms with Crippen molar-refractivity contribution in [2.45, 2.75) is 51.5 Å². The summed E-state index contributed by atoms with van der Waals surface area (Å²) in [5.41, 5.74) is 4.22. The number of aryl methyl sites for hydroxylation is 1. The summed E-state index contributed by atoms with van der Waals surface area (Å²) in [7, 11) is 0. The number of aromatic nitrogens is 2. The second-order valence-corrected chi connectivity index (χ2v) is 8.29. The minimum atomic E-state index is 0.0781. The molecule has 26 heavy (non-hydrogen) atoms. The van der Waals surface area contributed by atoms with Gasteiger partial charge < -0.3 is 9.42 Å². The van der Waals surface area contributed by atoms with E-state index in [-0.39, 0.29) is 11.9 Å². The van der Waals surface area contributed by atoms with Crippen molar-refractivity contribution >= 4 is 28.3 Å². The average molecular weight is 367 g/mol. The molecule has 2 aliphatic rings. The summed E-state index contributed by atoms with van der Waals surface area (Å²) in [6.07, 6.45) is 4.13. The van der Waals surface area contributed by atoms with Gasteiger partial charge >= 0.3 is 0 Å². The molecule has 0 bridgehead atoms. The SMILES string of the molecule is CCC1c2ccsc2CCN1C(=O)c1cc(C2CC2)nc2onc(C)c12. The molecule has 134 valence electrons. The zero-order valence-corrected chi connectivity index (χ0v) is 15.8. The minimum absolute atomic E-state index is 0.0781. The van der Waals surface area contributed by atoms with Crippen molar-refractivity contribution in [3.63, 3.8) is 0 Å². The van der Waals surface area contributed by atoms with E-state index in [1.54, 1.807) is 11.3 Å². The number of hydrogen-bond donors (Lipinski definition) is 0. The first kappa shape index (κ1) is 16.0. The van der Waals surface area contributed by atoms with Crippen LogP contribution in [0.3, 0.4) is 0 Å². The maximum atomic E-state index is 13.6. The average Bonchev–Trinajstić information content (AvgIpc) is 3.29. The number of carbonyl (C=O) groups excluding carboxylic acids is 1. The van der Waals surface area contributed by atoms with Crippen LogP contribution in [0.25, 0.3) is 11.1 Å². The number of hydrogen-bond acceptors (Lipinski definition) is 5. The Labute approximate surface area is 156 Å². The second kappa shape index (κ2) is 5.91. The zero-order chi connectivity index (χ0) is 17.8. The molecule has 1 saturated carbocycles. The Bertz CT molecular complexity index is 1000.